The van der Waals surface area contributed by atoms with Crippen LogP contribution in [0.25, 0.3) is 22.6 Å². The van der Waals surface area contributed by atoms with E-state index in [1.165, 1.54) is 0 Å². The van der Waals surface area contributed by atoms with Gasteiger partial charge in [0.2, 0.25) is 0 Å². The summed E-state index contributed by atoms with van der Waals surface area (Å²) >= 11 is 6.23. The third-order valence-electron chi connectivity index (χ3n) is 6.88. The summed E-state index contributed by atoms with van der Waals surface area (Å²) in [7, 11) is 0. The van der Waals surface area contributed by atoms with Gasteiger partial charge < -0.3 is 10.6 Å². The molecule has 10 heteroatoms. The molecule has 1 aliphatic rings. The molecule has 204 valence electrons. The highest BCUT2D eigenvalue weighted by atomic mass is 35.5. The first-order valence-electron chi connectivity index (χ1n) is 13.3. The zero-order valence-electron chi connectivity index (χ0n) is 22.9. The molecule has 9 nitrogen and oxygen atoms in total. The molecule has 3 heterocycles. The Hall–Kier alpha value is -4.37. The van der Waals surface area contributed by atoms with Crippen LogP contribution in [0.1, 0.15) is 44.9 Å². The van der Waals surface area contributed by atoms with Crippen LogP contribution in [0, 0.1) is 6.92 Å². The van der Waals surface area contributed by atoms with Gasteiger partial charge in [0, 0.05) is 46.2 Å². The number of nitrogens with one attached hydrogen (secondary N) is 3. The van der Waals surface area contributed by atoms with Crippen LogP contribution in [0.3, 0.4) is 0 Å². The number of fused-ring (bicyclic) bond motifs is 1. The fourth-order valence-electron chi connectivity index (χ4n) is 4.59. The first-order chi connectivity index (χ1) is 19.2. The summed E-state index contributed by atoms with van der Waals surface area (Å²) in [4.78, 5) is 22.3. The standard InChI is InChI=1S/C30H31ClN8O/c1-18-14-21(10-11-23(18)24-17-33-27(34-20-8-9-20)28-32-12-13-38(24)28)35-29(40)36-26-16-25(30(2,3)4)37-39(26)22-7-5-6-19(31)15-22/h5-7,10-17,20H,8-9H2,1-4H3,(H,33,34)(H2,35,36,40). The van der Waals surface area contributed by atoms with Crippen LogP contribution in [0.2, 0.25) is 5.02 Å². The van der Waals surface area contributed by atoms with E-state index in [4.69, 9.17) is 16.7 Å². The first kappa shape index (κ1) is 25.9. The SMILES string of the molecule is Cc1cc(NC(=O)Nc2cc(C(C)(C)C)nn2-c2cccc(Cl)c2)ccc1-c1cnc(NC2CC2)c2nccn12. The molecule has 0 aliphatic heterocycles. The van der Waals surface area contributed by atoms with Gasteiger partial charge in [0.05, 0.1) is 23.3 Å². The molecule has 1 fully saturated rings. The van der Waals surface area contributed by atoms with Gasteiger partial charge in [0.15, 0.2) is 11.5 Å². The largest absolute Gasteiger partial charge is 0.364 e. The van der Waals surface area contributed by atoms with Crippen LogP contribution in [0.4, 0.5) is 22.1 Å². The van der Waals surface area contributed by atoms with Crippen molar-refractivity contribution in [2.75, 3.05) is 16.0 Å². The summed E-state index contributed by atoms with van der Waals surface area (Å²) < 4.78 is 3.75. The number of amides is 2. The van der Waals surface area contributed by atoms with E-state index in [1.54, 1.807) is 16.9 Å². The lowest BCUT2D eigenvalue weighted by molar-refractivity contribution is 0.262. The summed E-state index contributed by atoms with van der Waals surface area (Å²) in [5.74, 6) is 1.35. The Balaban J connectivity index is 1.23. The molecule has 0 radical (unpaired) electrons. The van der Waals surface area contributed by atoms with Crippen molar-refractivity contribution in [3.63, 3.8) is 0 Å². The maximum Gasteiger partial charge on any atom is 0.324 e. The summed E-state index contributed by atoms with van der Waals surface area (Å²) in [5, 5.41) is 14.7. The number of aromatic nitrogens is 5. The van der Waals surface area contributed by atoms with Crippen LogP contribution >= 0.6 is 11.6 Å². The predicted molar refractivity (Wildman–Crippen MR) is 160 cm³/mol. The van der Waals surface area contributed by atoms with Gasteiger partial charge >= 0.3 is 6.03 Å². The fourth-order valence-corrected chi connectivity index (χ4v) is 4.77. The number of carbonyl (C=O) groups is 1. The second kappa shape index (κ2) is 9.98. The van der Waals surface area contributed by atoms with Gasteiger partial charge in [-0.15, -0.1) is 0 Å². The summed E-state index contributed by atoms with van der Waals surface area (Å²) in [6.07, 6.45) is 7.92. The predicted octanol–water partition coefficient (Wildman–Crippen LogP) is 7.06. The van der Waals surface area contributed by atoms with E-state index in [-0.39, 0.29) is 11.4 Å². The van der Waals surface area contributed by atoms with Crippen molar-refractivity contribution in [2.24, 2.45) is 0 Å². The van der Waals surface area contributed by atoms with Gasteiger partial charge in [0.25, 0.3) is 0 Å². The van der Waals surface area contributed by atoms with Crippen LogP contribution in [0.5, 0.6) is 0 Å². The van der Waals surface area contributed by atoms with Gasteiger partial charge in [-0.05, 0) is 55.7 Å². The Morgan fingerprint density at radius 1 is 1.05 bits per heavy atom. The quantitative estimate of drug-likeness (QED) is 0.208. The normalized spacial score (nSPS) is 13.4. The zero-order chi connectivity index (χ0) is 28.0. The van der Waals surface area contributed by atoms with Crippen molar-refractivity contribution in [2.45, 2.75) is 52.0 Å². The molecule has 3 N–H and O–H groups in total. The summed E-state index contributed by atoms with van der Waals surface area (Å²) in [6, 6.07) is 15.2. The highest BCUT2D eigenvalue weighted by molar-refractivity contribution is 6.30. The fraction of sp³-hybridized carbons (Fsp3) is 0.267. The van der Waals surface area contributed by atoms with Crippen molar-refractivity contribution < 1.29 is 4.79 Å². The zero-order valence-corrected chi connectivity index (χ0v) is 23.6. The number of benzene rings is 2. The minimum absolute atomic E-state index is 0.203. The number of urea groups is 1. The maximum atomic E-state index is 13.1. The number of hydrogen-bond acceptors (Lipinski definition) is 5. The number of nitrogens with zero attached hydrogens (tertiary/aromatic N) is 5. The summed E-state index contributed by atoms with van der Waals surface area (Å²) in [5.41, 5.74) is 5.82. The molecule has 1 saturated carbocycles. The van der Waals surface area contributed by atoms with E-state index >= 15 is 0 Å². The minimum Gasteiger partial charge on any atom is -0.364 e. The molecule has 0 atom stereocenters. The molecule has 1 aliphatic carbocycles. The number of anilines is 3. The Labute approximate surface area is 237 Å². The van der Waals surface area contributed by atoms with E-state index in [0.717, 1.165) is 52.5 Å². The van der Waals surface area contributed by atoms with Gasteiger partial charge in [-0.3, -0.25) is 9.72 Å². The lowest BCUT2D eigenvalue weighted by Crippen LogP contribution is -2.21. The summed E-state index contributed by atoms with van der Waals surface area (Å²) in [6.45, 7) is 8.25. The Morgan fingerprint density at radius 3 is 2.60 bits per heavy atom. The molecule has 3 aromatic heterocycles. The van der Waals surface area contributed by atoms with Gasteiger partial charge in [-0.1, -0.05) is 44.5 Å². The van der Waals surface area contributed by atoms with E-state index in [1.807, 2.05) is 66.2 Å². The topological polar surface area (TPSA) is 101 Å². The monoisotopic (exact) mass is 554 g/mol. The number of aryl methyl sites for hydroxylation is 1. The highest BCUT2D eigenvalue weighted by Gasteiger charge is 2.24. The minimum atomic E-state index is -0.370. The second-order valence-electron chi connectivity index (χ2n) is 11.2. The smallest absolute Gasteiger partial charge is 0.324 e. The Morgan fingerprint density at radius 2 is 1.88 bits per heavy atom. The molecule has 6 rings (SSSR count). The Kier molecular flexibility index (Phi) is 6.46. The molecule has 2 amide bonds. The molecule has 40 heavy (non-hydrogen) atoms. The molecule has 0 unspecified atom stereocenters. The average Bonchev–Trinajstić information content (AvgIpc) is 3.38. The highest BCUT2D eigenvalue weighted by Crippen LogP contribution is 2.31. The van der Waals surface area contributed by atoms with E-state index < -0.39 is 0 Å². The molecule has 0 bridgehead atoms. The molecule has 5 aromatic rings. The molecule has 0 saturated heterocycles. The van der Waals surface area contributed by atoms with Crippen LogP contribution in [-0.2, 0) is 5.41 Å². The number of hydrogen-bond donors (Lipinski definition) is 3. The van der Waals surface area contributed by atoms with Crippen LogP contribution in [-0.4, -0.2) is 36.2 Å². The number of halogens is 1. The lowest BCUT2D eigenvalue weighted by Gasteiger charge is -2.14. The molecular weight excluding hydrogens is 524 g/mol. The second-order valence-corrected chi connectivity index (χ2v) is 11.6. The van der Waals surface area contributed by atoms with E-state index in [9.17, 15) is 4.79 Å². The van der Waals surface area contributed by atoms with Crippen LogP contribution in [0.15, 0.2) is 67.1 Å². The maximum absolute atomic E-state index is 13.1. The number of rotatable bonds is 6. The van der Waals surface area contributed by atoms with Crippen molar-refractivity contribution in [1.82, 2.24) is 24.1 Å². The van der Waals surface area contributed by atoms with E-state index in [0.29, 0.717) is 22.6 Å². The van der Waals surface area contributed by atoms with E-state index in [2.05, 4.69) is 46.7 Å². The van der Waals surface area contributed by atoms with Crippen molar-refractivity contribution in [1.29, 1.82) is 0 Å². The van der Waals surface area contributed by atoms with Gasteiger partial charge in [-0.2, -0.15) is 5.10 Å². The third kappa shape index (κ3) is 5.24. The number of carbonyl (C=O) groups excluding carboxylic acids is 1. The molecule has 2 aromatic carbocycles. The Bertz CT molecular complexity index is 1730. The number of imidazole rings is 1. The molecule has 0 spiro atoms. The lowest BCUT2D eigenvalue weighted by atomic mass is 9.92. The third-order valence-corrected chi connectivity index (χ3v) is 7.11. The van der Waals surface area contributed by atoms with Gasteiger partial charge in [-0.25, -0.2) is 19.4 Å². The van der Waals surface area contributed by atoms with Crippen molar-refractivity contribution in [3.8, 4) is 16.9 Å². The van der Waals surface area contributed by atoms with Gasteiger partial charge in [0.1, 0.15) is 5.82 Å². The van der Waals surface area contributed by atoms with Crippen molar-refractivity contribution >= 4 is 40.6 Å². The molecular formula is C30H31ClN8O. The first-order valence-corrected chi connectivity index (χ1v) is 13.7. The van der Waals surface area contributed by atoms with Crippen molar-refractivity contribution in [3.05, 3.63) is 83.4 Å². The average molecular weight is 555 g/mol. The van der Waals surface area contributed by atoms with Crippen LogP contribution < -0.4 is 16.0 Å².